The Morgan fingerprint density at radius 1 is 1.13 bits per heavy atom. The molecule has 0 aromatic heterocycles. The number of nitro benzene ring substituents is 1. The normalized spacial score (nSPS) is 24.2. The van der Waals surface area contributed by atoms with Crippen LogP contribution >= 0.6 is 0 Å². The third-order valence-electron chi connectivity index (χ3n) is 6.24. The van der Waals surface area contributed by atoms with Gasteiger partial charge in [-0.3, -0.25) is 19.8 Å². The van der Waals surface area contributed by atoms with Crippen LogP contribution in [0.3, 0.4) is 0 Å². The van der Waals surface area contributed by atoms with Gasteiger partial charge in [-0.1, -0.05) is 13.8 Å². The van der Waals surface area contributed by atoms with Crippen LogP contribution in [0, 0.1) is 22.0 Å². The van der Waals surface area contributed by atoms with Crippen LogP contribution in [0.5, 0.6) is 0 Å². The molecule has 3 atom stereocenters. The molecule has 2 aliphatic rings. The number of hydrogen-bond donors (Lipinski definition) is 0. The van der Waals surface area contributed by atoms with Crippen molar-refractivity contribution in [2.45, 2.75) is 39.4 Å². The lowest BCUT2D eigenvalue weighted by atomic mass is 9.91. The van der Waals surface area contributed by atoms with Crippen LogP contribution in [0.4, 0.5) is 24.5 Å². The molecule has 1 aromatic rings. The van der Waals surface area contributed by atoms with Gasteiger partial charge in [0.1, 0.15) is 5.69 Å². The lowest BCUT2D eigenvalue weighted by Gasteiger charge is -2.42. The van der Waals surface area contributed by atoms with Crippen molar-refractivity contribution in [1.82, 2.24) is 9.80 Å². The van der Waals surface area contributed by atoms with Gasteiger partial charge in [-0.05, 0) is 37.3 Å². The molecule has 1 amide bonds. The second-order valence-electron chi connectivity index (χ2n) is 8.85. The van der Waals surface area contributed by atoms with E-state index in [0.717, 1.165) is 25.6 Å². The van der Waals surface area contributed by atoms with Crippen LogP contribution in [-0.4, -0.2) is 65.9 Å². The summed E-state index contributed by atoms with van der Waals surface area (Å²) in [6, 6.07) is 2.33. The number of anilines is 1. The summed E-state index contributed by atoms with van der Waals surface area (Å²) in [6.07, 6.45) is -3.52. The average Bonchev–Trinajstić information content (AvgIpc) is 2.71. The van der Waals surface area contributed by atoms with Gasteiger partial charge in [0.2, 0.25) is 5.91 Å². The number of piperidine rings is 1. The van der Waals surface area contributed by atoms with E-state index in [1.165, 1.54) is 6.07 Å². The molecular formula is C21H29F3N4O3. The fourth-order valence-corrected chi connectivity index (χ4v) is 4.73. The van der Waals surface area contributed by atoms with Crippen LogP contribution in [-0.2, 0) is 11.0 Å². The molecule has 3 rings (SSSR count). The Bertz CT molecular complexity index is 815. The Labute approximate surface area is 179 Å². The first kappa shape index (κ1) is 23.3. The van der Waals surface area contributed by atoms with Crippen LogP contribution in [0.15, 0.2) is 18.2 Å². The van der Waals surface area contributed by atoms with Gasteiger partial charge in [0.05, 0.1) is 16.5 Å². The van der Waals surface area contributed by atoms with E-state index in [0.29, 0.717) is 44.1 Å². The quantitative estimate of drug-likeness (QED) is 0.526. The molecular weight excluding hydrogens is 413 g/mol. The molecule has 2 aliphatic heterocycles. The SMILES string of the molecule is CC1CC(C)CN(C(=O)C(C)N2CCN(c3ccc(C(F)(F)F)cc3[N+](=O)[O-])CC2)C1. The molecule has 0 saturated carbocycles. The van der Waals surface area contributed by atoms with Crippen molar-refractivity contribution in [1.29, 1.82) is 0 Å². The summed E-state index contributed by atoms with van der Waals surface area (Å²) in [5.74, 6) is 1.03. The van der Waals surface area contributed by atoms with Crippen molar-refractivity contribution in [2.24, 2.45) is 11.8 Å². The lowest BCUT2D eigenvalue weighted by Crippen LogP contribution is -2.56. The highest BCUT2D eigenvalue weighted by Gasteiger charge is 2.36. The highest BCUT2D eigenvalue weighted by molar-refractivity contribution is 5.81. The highest BCUT2D eigenvalue weighted by atomic mass is 19.4. The summed E-state index contributed by atoms with van der Waals surface area (Å²) in [5.41, 5.74) is -1.41. The minimum Gasteiger partial charge on any atom is -0.363 e. The van der Waals surface area contributed by atoms with Crippen molar-refractivity contribution < 1.29 is 22.9 Å². The van der Waals surface area contributed by atoms with Gasteiger partial charge in [-0.15, -0.1) is 0 Å². The molecule has 0 N–H and O–H groups in total. The maximum Gasteiger partial charge on any atom is 0.416 e. The van der Waals surface area contributed by atoms with Crippen LogP contribution in [0.2, 0.25) is 0 Å². The predicted molar refractivity (Wildman–Crippen MR) is 111 cm³/mol. The second-order valence-corrected chi connectivity index (χ2v) is 8.85. The molecule has 31 heavy (non-hydrogen) atoms. The minimum absolute atomic E-state index is 0.0901. The number of halogens is 3. The van der Waals surface area contributed by atoms with Crippen LogP contribution in [0.25, 0.3) is 0 Å². The minimum atomic E-state index is -4.64. The van der Waals surface area contributed by atoms with E-state index in [2.05, 4.69) is 13.8 Å². The van der Waals surface area contributed by atoms with Crippen molar-refractivity contribution >= 4 is 17.3 Å². The maximum absolute atomic E-state index is 13.0. The number of rotatable bonds is 4. The van der Waals surface area contributed by atoms with Crippen LogP contribution in [0.1, 0.15) is 32.8 Å². The third kappa shape index (κ3) is 5.28. The van der Waals surface area contributed by atoms with Crippen LogP contribution < -0.4 is 4.90 Å². The molecule has 172 valence electrons. The van der Waals surface area contributed by atoms with Crippen molar-refractivity contribution in [2.75, 3.05) is 44.2 Å². The molecule has 2 fully saturated rings. The van der Waals surface area contributed by atoms with E-state index in [1.807, 2.05) is 16.7 Å². The Balaban J connectivity index is 1.66. The Hall–Kier alpha value is -2.36. The van der Waals surface area contributed by atoms with Gasteiger partial charge in [0, 0.05) is 45.3 Å². The number of piperazine rings is 1. The number of alkyl halides is 3. The number of amides is 1. The first-order valence-corrected chi connectivity index (χ1v) is 10.6. The molecule has 0 aliphatic carbocycles. The summed E-state index contributed by atoms with van der Waals surface area (Å²) in [7, 11) is 0. The van der Waals surface area contributed by atoms with Crippen molar-refractivity contribution in [3.05, 3.63) is 33.9 Å². The number of hydrogen-bond acceptors (Lipinski definition) is 5. The van der Waals surface area contributed by atoms with Gasteiger partial charge >= 0.3 is 6.18 Å². The summed E-state index contributed by atoms with van der Waals surface area (Å²) >= 11 is 0. The molecule has 0 radical (unpaired) electrons. The third-order valence-corrected chi connectivity index (χ3v) is 6.24. The highest BCUT2D eigenvalue weighted by Crippen LogP contribution is 2.37. The zero-order valence-corrected chi connectivity index (χ0v) is 18.1. The molecule has 0 bridgehead atoms. The number of benzene rings is 1. The van der Waals surface area contributed by atoms with E-state index in [-0.39, 0.29) is 17.6 Å². The smallest absolute Gasteiger partial charge is 0.363 e. The van der Waals surface area contributed by atoms with Crippen molar-refractivity contribution in [3.63, 3.8) is 0 Å². The van der Waals surface area contributed by atoms with Gasteiger partial charge in [0.25, 0.3) is 5.69 Å². The van der Waals surface area contributed by atoms with E-state index >= 15 is 0 Å². The maximum atomic E-state index is 13.0. The largest absolute Gasteiger partial charge is 0.416 e. The summed E-state index contributed by atoms with van der Waals surface area (Å²) in [6.45, 7) is 9.49. The summed E-state index contributed by atoms with van der Waals surface area (Å²) < 4.78 is 38.8. The van der Waals surface area contributed by atoms with E-state index in [1.54, 1.807) is 4.90 Å². The molecule has 3 unspecified atom stereocenters. The second kappa shape index (κ2) is 9.02. The molecule has 7 nitrogen and oxygen atoms in total. The average molecular weight is 442 g/mol. The number of nitro groups is 1. The molecule has 2 heterocycles. The number of carbonyl (C=O) groups excluding carboxylic acids is 1. The van der Waals surface area contributed by atoms with Gasteiger partial charge in [-0.2, -0.15) is 13.2 Å². The first-order chi connectivity index (χ1) is 14.5. The number of nitrogens with zero attached hydrogens (tertiary/aromatic N) is 4. The standard InChI is InChI=1S/C21H29F3N4O3/c1-14-10-15(2)13-27(12-14)20(29)16(3)25-6-8-26(9-7-25)18-5-4-17(21(22,23)24)11-19(18)28(30)31/h4-5,11,14-16H,6-10,12-13H2,1-3H3. The molecule has 1 aromatic carbocycles. The monoisotopic (exact) mass is 442 g/mol. The van der Waals surface area contributed by atoms with Crippen molar-refractivity contribution in [3.8, 4) is 0 Å². The zero-order chi connectivity index (χ0) is 22.9. The fraction of sp³-hybridized carbons (Fsp3) is 0.667. The predicted octanol–water partition coefficient (Wildman–Crippen LogP) is 3.63. The van der Waals surface area contributed by atoms with E-state index in [4.69, 9.17) is 0 Å². The fourth-order valence-electron chi connectivity index (χ4n) is 4.73. The van der Waals surface area contributed by atoms with Gasteiger partial charge in [-0.25, -0.2) is 0 Å². The van der Waals surface area contributed by atoms with Gasteiger partial charge < -0.3 is 9.80 Å². The Kier molecular flexibility index (Phi) is 6.78. The Morgan fingerprint density at radius 2 is 1.71 bits per heavy atom. The lowest BCUT2D eigenvalue weighted by molar-refractivity contribution is -0.384. The molecule has 2 saturated heterocycles. The van der Waals surface area contributed by atoms with E-state index in [9.17, 15) is 28.1 Å². The van der Waals surface area contributed by atoms with Gasteiger partial charge in [0.15, 0.2) is 0 Å². The number of likely N-dealkylation sites (tertiary alicyclic amines) is 1. The molecule has 0 spiro atoms. The number of carbonyl (C=O) groups is 1. The zero-order valence-electron chi connectivity index (χ0n) is 18.1. The van der Waals surface area contributed by atoms with E-state index < -0.39 is 22.4 Å². The molecule has 10 heteroatoms. The topological polar surface area (TPSA) is 69.9 Å². The first-order valence-electron chi connectivity index (χ1n) is 10.6. The summed E-state index contributed by atoms with van der Waals surface area (Å²) in [4.78, 5) is 29.3. The summed E-state index contributed by atoms with van der Waals surface area (Å²) in [5, 5.41) is 11.4. The Morgan fingerprint density at radius 3 is 2.23 bits per heavy atom.